The van der Waals surface area contributed by atoms with Gasteiger partial charge in [0.05, 0.1) is 11.5 Å². The van der Waals surface area contributed by atoms with E-state index in [-0.39, 0.29) is 10.7 Å². The van der Waals surface area contributed by atoms with E-state index in [1.54, 1.807) is 6.07 Å². The average molecular weight is 308 g/mol. The number of nitrogens with zero attached hydrogens (tertiary/aromatic N) is 2. The lowest BCUT2D eigenvalue weighted by atomic mass is 10.0. The second-order valence-corrected chi connectivity index (χ2v) is 5.68. The number of aryl methyl sites for hydroxylation is 1. The van der Waals surface area contributed by atoms with Crippen molar-refractivity contribution in [3.05, 3.63) is 32.8 Å². The molecule has 1 aromatic carbocycles. The molecule has 1 heterocycles. The fourth-order valence-corrected chi connectivity index (χ4v) is 2.78. The molecular formula is C15H18ClN3O2. The van der Waals surface area contributed by atoms with Crippen LogP contribution in [0.2, 0.25) is 5.02 Å². The third kappa shape index (κ3) is 3.87. The summed E-state index contributed by atoms with van der Waals surface area (Å²) in [4.78, 5) is 12.6. The Morgan fingerprint density at radius 1 is 1.52 bits per heavy atom. The summed E-state index contributed by atoms with van der Waals surface area (Å²) in [5, 5.41) is 14.5. The van der Waals surface area contributed by atoms with Crippen molar-refractivity contribution >= 4 is 23.0 Å². The van der Waals surface area contributed by atoms with Crippen LogP contribution in [0, 0.1) is 29.4 Å². The minimum Gasteiger partial charge on any atom is -0.382 e. The van der Waals surface area contributed by atoms with Crippen LogP contribution in [-0.4, -0.2) is 35.5 Å². The predicted octanol–water partition coefficient (Wildman–Crippen LogP) is 3.07. The van der Waals surface area contributed by atoms with E-state index in [2.05, 4.69) is 16.1 Å². The van der Waals surface area contributed by atoms with Crippen LogP contribution in [0.15, 0.2) is 12.1 Å². The monoisotopic (exact) mass is 307 g/mol. The maximum absolute atomic E-state index is 10.9. The van der Waals surface area contributed by atoms with Crippen molar-refractivity contribution in [1.82, 2.24) is 4.90 Å². The van der Waals surface area contributed by atoms with Crippen LogP contribution >= 0.6 is 11.6 Å². The zero-order chi connectivity index (χ0) is 15.4. The van der Waals surface area contributed by atoms with Crippen molar-refractivity contribution < 1.29 is 4.92 Å². The van der Waals surface area contributed by atoms with E-state index >= 15 is 0 Å². The highest BCUT2D eigenvalue weighted by Crippen LogP contribution is 2.31. The molecule has 0 bridgehead atoms. The molecule has 0 radical (unpaired) electrons. The largest absolute Gasteiger partial charge is 0.382 e. The second kappa shape index (κ2) is 6.79. The van der Waals surface area contributed by atoms with E-state index in [4.69, 9.17) is 18.0 Å². The standard InChI is InChI=1S/C15H18ClN3O2/c1-3-6-18-7-4-12(5-8-18)17-14-10-13(16)15(19(20)21)9-11(14)2/h1,9-10,12,17H,4-8H2,2H3. The molecule has 0 atom stereocenters. The summed E-state index contributed by atoms with van der Waals surface area (Å²) in [6, 6.07) is 3.50. The third-order valence-corrected chi connectivity index (χ3v) is 4.06. The van der Waals surface area contributed by atoms with Crippen molar-refractivity contribution in [2.75, 3.05) is 25.0 Å². The SMILES string of the molecule is C#CCN1CCC(Nc2cc(Cl)c([N+](=O)[O-])cc2C)CC1. The molecule has 0 amide bonds. The zero-order valence-corrected chi connectivity index (χ0v) is 12.7. The van der Waals surface area contributed by atoms with Gasteiger partial charge in [0.2, 0.25) is 0 Å². The molecule has 5 nitrogen and oxygen atoms in total. The number of hydrogen-bond acceptors (Lipinski definition) is 4. The first kappa shape index (κ1) is 15.6. The molecular weight excluding hydrogens is 290 g/mol. The van der Waals surface area contributed by atoms with E-state index in [0.717, 1.165) is 37.2 Å². The number of benzene rings is 1. The summed E-state index contributed by atoms with van der Waals surface area (Å²) in [6.45, 7) is 4.46. The first-order chi connectivity index (χ1) is 10.0. The molecule has 6 heteroatoms. The van der Waals surface area contributed by atoms with Crippen molar-refractivity contribution in [1.29, 1.82) is 0 Å². The molecule has 21 heavy (non-hydrogen) atoms. The molecule has 0 aliphatic carbocycles. The average Bonchev–Trinajstić information content (AvgIpc) is 2.44. The molecule has 0 spiro atoms. The Kier molecular flexibility index (Phi) is 5.05. The quantitative estimate of drug-likeness (QED) is 0.527. The third-order valence-electron chi connectivity index (χ3n) is 3.75. The van der Waals surface area contributed by atoms with E-state index in [0.29, 0.717) is 12.6 Å². The molecule has 2 rings (SSSR count). The molecule has 1 fully saturated rings. The molecule has 1 aliphatic heterocycles. The van der Waals surface area contributed by atoms with Crippen LogP contribution in [0.25, 0.3) is 0 Å². The summed E-state index contributed by atoms with van der Waals surface area (Å²) in [5.41, 5.74) is 1.64. The second-order valence-electron chi connectivity index (χ2n) is 5.27. The van der Waals surface area contributed by atoms with Gasteiger partial charge < -0.3 is 5.32 Å². The van der Waals surface area contributed by atoms with Crippen LogP contribution in [0.3, 0.4) is 0 Å². The highest BCUT2D eigenvalue weighted by molar-refractivity contribution is 6.33. The molecule has 0 saturated carbocycles. The number of rotatable bonds is 4. The topological polar surface area (TPSA) is 58.4 Å². The Balaban J connectivity index is 2.03. The van der Waals surface area contributed by atoms with Gasteiger partial charge in [0.25, 0.3) is 5.69 Å². The molecule has 0 unspecified atom stereocenters. The van der Waals surface area contributed by atoms with Gasteiger partial charge in [-0.15, -0.1) is 6.42 Å². The van der Waals surface area contributed by atoms with Crippen LogP contribution in [-0.2, 0) is 0 Å². The molecule has 112 valence electrons. The van der Waals surface area contributed by atoms with Gasteiger partial charge in [-0.25, -0.2) is 0 Å². The predicted molar refractivity (Wildman–Crippen MR) is 84.8 cm³/mol. The highest BCUT2D eigenvalue weighted by atomic mass is 35.5. The lowest BCUT2D eigenvalue weighted by Gasteiger charge is -2.32. The first-order valence-electron chi connectivity index (χ1n) is 6.88. The number of piperidine rings is 1. The molecule has 1 N–H and O–H groups in total. The molecule has 1 aliphatic rings. The smallest absolute Gasteiger partial charge is 0.288 e. The van der Waals surface area contributed by atoms with Gasteiger partial charge in [-0.3, -0.25) is 15.0 Å². The summed E-state index contributed by atoms with van der Waals surface area (Å²) in [5.74, 6) is 2.66. The van der Waals surface area contributed by atoms with E-state index in [9.17, 15) is 10.1 Å². The van der Waals surface area contributed by atoms with E-state index in [1.165, 1.54) is 6.07 Å². The van der Waals surface area contributed by atoms with E-state index < -0.39 is 4.92 Å². The summed E-state index contributed by atoms with van der Waals surface area (Å²) in [7, 11) is 0. The Labute approximate surface area is 129 Å². The maximum atomic E-state index is 10.9. The minimum atomic E-state index is -0.461. The van der Waals surface area contributed by atoms with Crippen molar-refractivity contribution in [3.63, 3.8) is 0 Å². The minimum absolute atomic E-state index is 0.0523. The number of nitro groups is 1. The normalized spacial score (nSPS) is 16.4. The number of terminal acetylenes is 1. The fraction of sp³-hybridized carbons (Fsp3) is 0.467. The van der Waals surface area contributed by atoms with E-state index in [1.807, 2.05) is 6.92 Å². The van der Waals surface area contributed by atoms with Gasteiger partial charge in [0.1, 0.15) is 5.02 Å². The number of nitro benzene ring substituents is 1. The zero-order valence-electron chi connectivity index (χ0n) is 11.9. The van der Waals surface area contributed by atoms with Crippen LogP contribution in [0.4, 0.5) is 11.4 Å². The van der Waals surface area contributed by atoms with Gasteiger partial charge in [-0.05, 0) is 31.4 Å². The number of likely N-dealkylation sites (tertiary alicyclic amines) is 1. The van der Waals surface area contributed by atoms with Crippen molar-refractivity contribution in [3.8, 4) is 12.3 Å². The van der Waals surface area contributed by atoms with Crippen LogP contribution in [0.1, 0.15) is 18.4 Å². The Morgan fingerprint density at radius 3 is 2.76 bits per heavy atom. The number of nitrogens with one attached hydrogen (secondary N) is 1. The van der Waals surface area contributed by atoms with Gasteiger partial charge >= 0.3 is 0 Å². The number of anilines is 1. The number of halogens is 1. The van der Waals surface area contributed by atoms with Crippen LogP contribution in [0.5, 0.6) is 0 Å². The number of hydrogen-bond donors (Lipinski definition) is 1. The van der Waals surface area contributed by atoms with Crippen molar-refractivity contribution in [2.45, 2.75) is 25.8 Å². The summed E-state index contributed by atoms with van der Waals surface area (Å²) < 4.78 is 0. The molecule has 1 aromatic rings. The lowest BCUT2D eigenvalue weighted by Crippen LogP contribution is -2.39. The molecule has 0 aromatic heterocycles. The lowest BCUT2D eigenvalue weighted by molar-refractivity contribution is -0.384. The Bertz CT molecular complexity index is 575. The first-order valence-corrected chi connectivity index (χ1v) is 7.26. The summed E-state index contributed by atoms with van der Waals surface area (Å²) >= 11 is 5.97. The fourth-order valence-electron chi connectivity index (χ4n) is 2.55. The maximum Gasteiger partial charge on any atom is 0.288 e. The van der Waals surface area contributed by atoms with Gasteiger partial charge in [-0.2, -0.15) is 0 Å². The Hall–Kier alpha value is -1.77. The Morgan fingerprint density at radius 2 is 2.19 bits per heavy atom. The van der Waals surface area contributed by atoms with Gasteiger partial charge in [0, 0.05) is 30.9 Å². The highest BCUT2D eigenvalue weighted by Gasteiger charge is 2.20. The van der Waals surface area contributed by atoms with Crippen LogP contribution < -0.4 is 5.32 Å². The molecule has 1 saturated heterocycles. The van der Waals surface area contributed by atoms with Crippen molar-refractivity contribution in [2.24, 2.45) is 0 Å². The van der Waals surface area contributed by atoms with Gasteiger partial charge in [-0.1, -0.05) is 17.5 Å². The summed E-state index contributed by atoms with van der Waals surface area (Å²) in [6.07, 6.45) is 7.31. The van der Waals surface area contributed by atoms with Gasteiger partial charge in [0.15, 0.2) is 0 Å².